The Hall–Kier alpha value is -2.89. The van der Waals surface area contributed by atoms with Crippen molar-refractivity contribution >= 4 is 12.1 Å². The van der Waals surface area contributed by atoms with Gasteiger partial charge < -0.3 is 9.47 Å². The molecule has 1 N–H and O–H groups in total. The number of nitrogens with one attached hydrogen (secondary N) is 1. The summed E-state index contributed by atoms with van der Waals surface area (Å²) >= 11 is 0. The van der Waals surface area contributed by atoms with E-state index in [0.29, 0.717) is 23.7 Å². The summed E-state index contributed by atoms with van der Waals surface area (Å²) in [6.07, 6.45) is 3.53. The van der Waals surface area contributed by atoms with Crippen molar-refractivity contribution in [1.29, 1.82) is 0 Å². The highest BCUT2D eigenvalue weighted by Crippen LogP contribution is 2.27. The fourth-order valence-corrected chi connectivity index (χ4v) is 2.04. The molecule has 2 aromatic rings. The number of halogens is 1. The molecule has 0 aliphatic carbocycles. The van der Waals surface area contributed by atoms with Crippen molar-refractivity contribution in [2.75, 3.05) is 13.7 Å². The first-order chi connectivity index (χ1) is 12.1. The van der Waals surface area contributed by atoms with Gasteiger partial charge in [-0.25, -0.2) is 9.82 Å². The molecule has 0 atom stereocenters. The van der Waals surface area contributed by atoms with Gasteiger partial charge in [-0.3, -0.25) is 4.79 Å². The SMILES string of the molecule is CCCCOc1ccc(/C=N\NC(=O)c2ccc(F)cc2)cc1OC. The predicted molar refractivity (Wildman–Crippen MR) is 94.9 cm³/mol. The smallest absolute Gasteiger partial charge is 0.271 e. The maximum Gasteiger partial charge on any atom is 0.271 e. The van der Waals surface area contributed by atoms with E-state index in [4.69, 9.17) is 9.47 Å². The molecule has 0 saturated carbocycles. The number of ether oxygens (including phenoxy) is 2. The number of nitrogens with zero attached hydrogens (tertiary/aromatic N) is 1. The lowest BCUT2D eigenvalue weighted by Crippen LogP contribution is -2.17. The molecule has 2 rings (SSSR count). The summed E-state index contributed by atoms with van der Waals surface area (Å²) in [5.41, 5.74) is 3.48. The summed E-state index contributed by atoms with van der Waals surface area (Å²) in [6.45, 7) is 2.73. The van der Waals surface area contributed by atoms with Gasteiger partial charge in [-0.1, -0.05) is 13.3 Å². The molecule has 5 nitrogen and oxygen atoms in total. The van der Waals surface area contributed by atoms with Crippen LogP contribution >= 0.6 is 0 Å². The van der Waals surface area contributed by atoms with Crippen molar-refractivity contribution in [1.82, 2.24) is 5.43 Å². The fraction of sp³-hybridized carbons (Fsp3) is 0.263. The molecular formula is C19H21FN2O3. The van der Waals surface area contributed by atoms with Gasteiger partial charge in [-0.15, -0.1) is 0 Å². The van der Waals surface area contributed by atoms with Gasteiger partial charge in [0.1, 0.15) is 5.82 Å². The summed E-state index contributed by atoms with van der Waals surface area (Å²) in [7, 11) is 1.57. The van der Waals surface area contributed by atoms with E-state index in [2.05, 4.69) is 17.5 Å². The number of hydrogen-bond donors (Lipinski definition) is 1. The molecule has 2 aromatic carbocycles. The Morgan fingerprint density at radius 2 is 1.96 bits per heavy atom. The lowest BCUT2D eigenvalue weighted by molar-refractivity contribution is 0.0955. The maximum absolute atomic E-state index is 12.8. The molecule has 0 spiro atoms. The monoisotopic (exact) mass is 344 g/mol. The highest BCUT2D eigenvalue weighted by Gasteiger charge is 2.06. The standard InChI is InChI=1S/C19H21FN2O3/c1-3-4-11-25-17-10-5-14(12-18(17)24-2)13-21-22-19(23)15-6-8-16(20)9-7-15/h5-10,12-13H,3-4,11H2,1-2H3,(H,22,23)/b21-13-. The topological polar surface area (TPSA) is 59.9 Å². The predicted octanol–water partition coefficient (Wildman–Crippen LogP) is 3.78. The summed E-state index contributed by atoms with van der Waals surface area (Å²) in [5.74, 6) is 0.462. The number of hydrogen-bond acceptors (Lipinski definition) is 4. The van der Waals surface area contributed by atoms with Crippen molar-refractivity contribution in [3.05, 3.63) is 59.4 Å². The van der Waals surface area contributed by atoms with Crippen molar-refractivity contribution in [3.8, 4) is 11.5 Å². The first-order valence-electron chi connectivity index (χ1n) is 8.04. The molecule has 6 heteroatoms. The van der Waals surface area contributed by atoms with E-state index >= 15 is 0 Å². The summed E-state index contributed by atoms with van der Waals surface area (Å²) in [5, 5.41) is 3.91. The molecule has 0 fully saturated rings. The Morgan fingerprint density at radius 3 is 2.64 bits per heavy atom. The number of rotatable bonds is 8. The second-order valence-corrected chi connectivity index (χ2v) is 5.32. The first-order valence-corrected chi connectivity index (χ1v) is 8.04. The van der Waals surface area contributed by atoms with Crippen LogP contribution < -0.4 is 14.9 Å². The minimum atomic E-state index is -0.414. The Kier molecular flexibility index (Phi) is 6.95. The minimum absolute atomic E-state index is 0.329. The van der Waals surface area contributed by atoms with E-state index in [0.717, 1.165) is 18.4 Å². The van der Waals surface area contributed by atoms with E-state index in [9.17, 15) is 9.18 Å². The fourth-order valence-electron chi connectivity index (χ4n) is 2.04. The number of unbranched alkanes of at least 4 members (excludes halogenated alkanes) is 1. The van der Waals surface area contributed by atoms with Crippen molar-refractivity contribution in [2.45, 2.75) is 19.8 Å². The van der Waals surface area contributed by atoms with Crippen LogP contribution in [0.1, 0.15) is 35.7 Å². The number of amides is 1. The van der Waals surface area contributed by atoms with Crippen LogP contribution in [-0.2, 0) is 0 Å². The van der Waals surface area contributed by atoms with Crippen LogP contribution in [0.25, 0.3) is 0 Å². The molecule has 0 unspecified atom stereocenters. The number of benzene rings is 2. The van der Waals surface area contributed by atoms with Crippen LogP contribution in [0, 0.1) is 5.82 Å². The highest BCUT2D eigenvalue weighted by molar-refractivity contribution is 5.94. The number of carbonyl (C=O) groups excluding carboxylic acids is 1. The first kappa shape index (κ1) is 18.4. The van der Waals surface area contributed by atoms with Gasteiger partial charge in [0, 0.05) is 5.56 Å². The molecule has 1 amide bonds. The van der Waals surface area contributed by atoms with E-state index in [1.807, 2.05) is 6.07 Å². The minimum Gasteiger partial charge on any atom is -0.493 e. The molecule has 0 aliphatic heterocycles. The van der Waals surface area contributed by atoms with Gasteiger partial charge in [-0.2, -0.15) is 5.10 Å². The molecule has 0 bridgehead atoms. The van der Waals surface area contributed by atoms with E-state index < -0.39 is 11.7 Å². The lowest BCUT2D eigenvalue weighted by atomic mass is 10.2. The third-order valence-corrected chi connectivity index (χ3v) is 3.43. The zero-order chi connectivity index (χ0) is 18.1. The van der Waals surface area contributed by atoms with Crippen LogP contribution in [0.2, 0.25) is 0 Å². The molecule has 0 heterocycles. The Bertz CT molecular complexity index is 730. The van der Waals surface area contributed by atoms with E-state index in [-0.39, 0.29) is 0 Å². The highest BCUT2D eigenvalue weighted by atomic mass is 19.1. The van der Waals surface area contributed by atoms with Crippen LogP contribution in [0.15, 0.2) is 47.6 Å². The lowest BCUT2D eigenvalue weighted by Gasteiger charge is -2.10. The largest absolute Gasteiger partial charge is 0.493 e. The van der Waals surface area contributed by atoms with E-state index in [1.165, 1.54) is 30.5 Å². The van der Waals surface area contributed by atoms with Crippen molar-refractivity contribution < 1.29 is 18.7 Å². The van der Waals surface area contributed by atoms with Gasteiger partial charge in [0.15, 0.2) is 11.5 Å². The second-order valence-electron chi connectivity index (χ2n) is 5.32. The Labute approximate surface area is 146 Å². The number of methoxy groups -OCH3 is 1. The molecule has 0 aliphatic rings. The molecule has 0 aromatic heterocycles. The van der Waals surface area contributed by atoms with Crippen LogP contribution in [0.3, 0.4) is 0 Å². The average Bonchev–Trinajstić information content (AvgIpc) is 2.63. The third-order valence-electron chi connectivity index (χ3n) is 3.43. The maximum atomic E-state index is 12.8. The van der Waals surface area contributed by atoms with Gasteiger partial charge in [-0.05, 0) is 54.4 Å². The molecule has 0 radical (unpaired) electrons. The van der Waals surface area contributed by atoms with Crippen molar-refractivity contribution in [3.63, 3.8) is 0 Å². The van der Waals surface area contributed by atoms with E-state index in [1.54, 1.807) is 19.2 Å². The number of carbonyl (C=O) groups is 1. The van der Waals surface area contributed by atoms with Crippen LogP contribution in [0.5, 0.6) is 11.5 Å². The molecular weight excluding hydrogens is 323 g/mol. The van der Waals surface area contributed by atoms with Gasteiger partial charge in [0.25, 0.3) is 5.91 Å². The normalized spacial score (nSPS) is 10.7. The zero-order valence-electron chi connectivity index (χ0n) is 14.3. The third kappa shape index (κ3) is 5.60. The second kappa shape index (κ2) is 9.42. The summed E-state index contributed by atoms with van der Waals surface area (Å²) < 4.78 is 23.8. The number of hydrazone groups is 1. The van der Waals surface area contributed by atoms with Gasteiger partial charge in [0.05, 0.1) is 19.9 Å². The summed E-state index contributed by atoms with van der Waals surface area (Å²) in [4.78, 5) is 11.9. The van der Waals surface area contributed by atoms with Gasteiger partial charge >= 0.3 is 0 Å². The zero-order valence-corrected chi connectivity index (χ0v) is 14.3. The molecule has 132 valence electrons. The molecule has 0 saturated heterocycles. The summed E-state index contributed by atoms with van der Waals surface area (Å²) in [6, 6.07) is 10.6. The van der Waals surface area contributed by atoms with Gasteiger partial charge in [0.2, 0.25) is 0 Å². The van der Waals surface area contributed by atoms with Crippen molar-refractivity contribution in [2.24, 2.45) is 5.10 Å². The Balaban J connectivity index is 1.98. The average molecular weight is 344 g/mol. The quantitative estimate of drug-likeness (QED) is 0.450. The van der Waals surface area contributed by atoms with Crippen LogP contribution in [-0.4, -0.2) is 25.8 Å². The Morgan fingerprint density at radius 1 is 1.20 bits per heavy atom. The van der Waals surface area contributed by atoms with Crippen LogP contribution in [0.4, 0.5) is 4.39 Å². The molecule has 25 heavy (non-hydrogen) atoms.